The highest BCUT2D eigenvalue weighted by molar-refractivity contribution is 5.44. The van der Waals surface area contributed by atoms with Gasteiger partial charge in [-0.2, -0.15) is 0 Å². The SMILES string of the molecule is CCCNC(C)c1ccnc(N2CCCC2CN(C)C)c1. The summed E-state index contributed by atoms with van der Waals surface area (Å²) in [5, 5.41) is 3.56. The highest BCUT2D eigenvalue weighted by atomic mass is 15.3. The third kappa shape index (κ3) is 4.42. The lowest BCUT2D eigenvalue weighted by molar-refractivity contribution is 0.371. The van der Waals surface area contributed by atoms with Crippen molar-refractivity contribution >= 4 is 5.82 Å². The molecule has 4 nitrogen and oxygen atoms in total. The van der Waals surface area contributed by atoms with Crippen molar-refractivity contribution in [1.29, 1.82) is 0 Å². The molecule has 21 heavy (non-hydrogen) atoms. The lowest BCUT2D eigenvalue weighted by atomic mass is 10.1. The minimum Gasteiger partial charge on any atom is -0.352 e. The lowest BCUT2D eigenvalue weighted by Crippen LogP contribution is -2.38. The van der Waals surface area contributed by atoms with Crippen LogP contribution in [0.2, 0.25) is 0 Å². The Bertz CT molecular complexity index is 433. The molecule has 2 atom stereocenters. The van der Waals surface area contributed by atoms with E-state index in [0.29, 0.717) is 12.1 Å². The molecule has 0 aromatic carbocycles. The van der Waals surface area contributed by atoms with E-state index in [1.54, 1.807) is 0 Å². The molecular formula is C17H30N4. The molecule has 1 N–H and O–H groups in total. The van der Waals surface area contributed by atoms with E-state index >= 15 is 0 Å². The molecule has 2 heterocycles. The second-order valence-electron chi connectivity index (χ2n) is 6.37. The molecule has 2 rings (SSSR count). The lowest BCUT2D eigenvalue weighted by Gasteiger charge is -2.28. The van der Waals surface area contributed by atoms with Crippen LogP contribution in [0.4, 0.5) is 5.82 Å². The van der Waals surface area contributed by atoms with Gasteiger partial charge >= 0.3 is 0 Å². The number of hydrogen-bond donors (Lipinski definition) is 1. The predicted octanol–water partition coefficient (Wildman–Crippen LogP) is 2.67. The summed E-state index contributed by atoms with van der Waals surface area (Å²) in [7, 11) is 4.30. The molecule has 0 aliphatic carbocycles. The normalized spacial score (nSPS) is 20.2. The van der Waals surface area contributed by atoms with Crippen molar-refractivity contribution < 1.29 is 0 Å². The van der Waals surface area contributed by atoms with Crippen LogP contribution in [0.15, 0.2) is 18.3 Å². The fourth-order valence-corrected chi connectivity index (χ4v) is 3.09. The Morgan fingerprint density at radius 2 is 2.29 bits per heavy atom. The van der Waals surface area contributed by atoms with E-state index in [2.05, 4.69) is 60.2 Å². The van der Waals surface area contributed by atoms with E-state index in [1.807, 2.05) is 6.20 Å². The second-order valence-corrected chi connectivity index (χ2v) is 6.37. The first-order valence-corrected chi connectivity index (χ1v) is 8.22. The molecule has 1 aromatic rings. The van der Waals surface area contributed by atoms with Gasteiger partial charge in [-0.1, -0.05) is 6.92 Å². The Kier molecular flexibility index (Phi) is 6.00. The second kappa shape index (κ2) is 7.76. The number of aromatic nitrogens is 1. The molecule has 118 valence electrons. The van der Waals surface area contributed by atoms with Gasteiger partial charge in [-0.15, -0.1) is 0 Å². The number of nitrogens with one attached hydrogen (secondary N) is 1. The summed E-state index contributed by atoms with van der Waals surface area (Å²) in [6.45, 7) is 7.73. The van der Waals surface area contributed by atoms with Crippen molar-refractivity contribution in [3.05, 3.63) is 23.9 Å². The molecule has 0 saturated carbocycles. The van der Waals surface area contributed by atoms with Gasteiger partial charge in [0.25, 0.3) is 0 Å². The maximum Gasteiger partial charge on any atom is 0.129 e. The van der Waals surface area contributed by atoms with Crippen molar-refractivity contribution in [2.24, 2.45) is 0 Å². The number of rotatable bonds is 7. The van der Waals surface area contributed by atoms with Crippen LogP contribution in [-0.2, 0) is 0 Å². The first kappa shape index (κ1) is 16.2. The molecule has 0 bridgehead atoms. The molecule has 0 spiro atoms. The van der Waals surface area contributed by atoms with Crippen LogP contribution in [0.3, 0.4) is 0 Å². The molecule has 1 aromatic heterocycles. The summed E-state index contributed by atoms with van der Waals surface area (Å²) in [4.78, 5) is 9.38. The Labute approximate surface area is 129 Å². The van der Waals surface area contributed by atoms with E-state index in [4.69, 9.17) is 0 Å². The van der Waals surface area contributed by atoms with Crippen LogP contribution < -0.4 is 10.2 Å². The zero-order chi connectivity index (χ0) is 15.2. The fraction of sp³-hybridized carbons (Fsp3) is 0.706. The number of hydrogen-bond acceptors (Lipinski definition) is 4. The van der Waals surface area contributed by atoms with E-state index in [-0.39, 0.29) is 0 Å². The Hall–Kier alpha value is -1.13. The summed E-state index contributed by atoms with van der Waals surface area (Å²) in [6.07, 6.45) is 5.67. The number of pyridine rings is 1. The Balaban J connectivity index is 2.09. The molecule has 0 amide bonds. The predicted molar refractivity (Wildman–Crippen MR) is 89.9 cm³/mol. The number of likely N-dealkylation sites (N-methyl/N-ethyl adjacent to an activating group) is 1. The average molecular weight is 290 g/mol. The molecule has 1 saturated heterocycles. The monoisotopic (exact) mass is 290 g/mol. The molecule has 1 aliphatic rings. The zero-order valence-electron chi connectivity index (χ0n) is 14.0. The van der Waals surface area contributed by atoms with Crippen molar-refractivity contribution in [2.75, 3.05) is 38.6 Å². The largest absolute Gasteiger partial charge is 0.352 e. The van der Waals surface area contributed by atoms with E-state index in [0.717, 1.165) is 25.5 Å². The Morgan fingerprint density at radius 1 is 1.48 bits per heavy atom. The first-order chi connectivity index (χ1) is 10.1. The van der Waals surface area contributed by atoms with Crippen molar-refractivity contribution in [2.45, 2.75) is 45.2 Å². The van der Waals surface area contributed by atoms with Crippen molar-refractivity contribution in [1.82, 2.24) is 15.2 Å². The third-order valence-corrected chi connectivity index (χ3v) is 4.22. The third-order valence-electron chi connectivity index (χ3n) is 4.22. The standard InChI is InChI=1S/C17H30N4/c1-5-9-18-14(2)15-8-10-19-17(12-15)21-11-6-7-16(21)13-20(3)4/h8,10,12,14,16,18H,5-7,9,11,13H2,1-4H3. The van der Waals surface area contributed by atoms with Crippen LogP contribution in [0.25, 0.3) is 0 Å². The maximum atomic E-state index is 4.62. The quantitative estimate of drug-likeness (QED) is 0.836. The molecule has 1 aliphatic heterocycles. The minimum atomic E-state index is 0.390. The molecule has 2 unspecified atom stereocenters. The molecule has 4 heteroatoms. The summed E-state index contributed by atoms with van der Waals surface area (Å²) < 4.78 is 0. The van der Waals surface area contributed by atoms with Crippen molar-refractivity contribution in [3.63, 3.8) is 0 Å². The smallest absolute Gasteiger partial charge is 0.129 e. The maximum absolute atomic E-state index is 4.62. The van der Waals surface area contributed by atoms with Gasteiger partial charge in [0.15, 0.2) is 0 Å². The van der Waals surface area contributed by atoms with Crippen molar-refractivity contribution in [3.8, 4) is 0 Å². The van der Waals surface area contributed by atoms with Crippen LogP contribution in [0, 0.1) is 0 Å². The molecule has 0 radical (unpaired) electrons. The van der Waals surface area contributed by atoms with E-state index in [9.17, 15) is 0 Å². The molecule has 1 fully saturated rings. The van der Waals surface area contributed by atoms with Gasteiger partial charge in [-0.05, 0) is 64.5 Å². The van der Waals surface area contributed by atoms with Gasteiger partial charge in [0.1, 0.15) is 5.82 Å². The number of anilines is 1. The van der Waals surface area contributed by atoms with Crippen LogP contribution in [0.1, 0.15) is 44.7 Å². The van der Waals surface area contributed by atoms with Crippen LogP contribution in [0.5, 0.6) is 0 Å². The van der Waals surface area contributed by atoms with Crippen LogP contribution in [-0.4, -0.2) is 49.7 Å². The van der Waals surface area contributed by atoms with Gasteiger partial charge in [0.05, 0.1) is 0 Å². The Morgan fingerprint density at radius 3 is 3.00 bits per heavy atom. The highest BCUT2D eigenvalue weighted by Crippen LogP contribution is 2.26. The topological polar surface area (TPSA) is 31.4 Å². The van der Waals surface area contributed by atoms with Gasteiger partial charge in [0.2, 0.25) is 0 Å². The summed E-state index contributed by atoms with van der Waals surface area (Å²) >= 11 is 0. The average Bonchev–Trinajstić information content (AvgIpc) is 2.92. The van der Waals surface area contributed by atoms with Gasteiger partial charge < -0.3 is 15.1 Å². The summed E-state index contributed by atoms with van der Waals surface area (Å²) in [5.74, 6) is 1.14. The summed E-state index contributed by atoms with van der Waals surface area (Å²) in [5.41, 5.74) is 1.34. The first-order valence-electron chi connectivity index (χ1n) is 8.22. The zero-order valence-corrected chi connectivity index (χ0v) is 14.0. The molecular weight excluding hydrogens is 260 g/mol. The highest BCUT2D eigenvalue weighted by Gasteiger charge is 2.26. The van der Waals surface area contributed by atoms with Gasteiger partial charge in [-0.25, -0.2) is 4.98 Å². The van der Waals surface area contributed by atoms with Gasteiger partial charge in [0, 0.05) is 31.4 Å². The fourth-order valence-electron chi connectivity index (χ4n) is 3.09. The van der Waals surface area contributed by atoms with E-state index < -0.39 is 0 Å². The number of nitrogens with zero attached hydrogens (tertiary/aromatic N) is 3. The minimum absolute atomic E-state index is 0.390. The van der Waals surface area contributed by atoms with E-state index in [1.165, 1.54) is 24.8 Å². The van der Waals surface area contributed by atoms with Crippen LogP contribution >= 0.6 is 0 Å². The summed E-state index contributed by atoms with van der Waals surface area (Å²) in [6, 6.07) is 5.39. The van der Waals surface area contributed by atoms with Gasteiger partial charge in [-0.3, -0.25) is 0 Å².